The number of fused-ring (bicyclic) bond motifs is 5. The molecule has 2 aliphatic carbocycles. The molecule has 1 fully saturated rings. The van der Waals surface area contributed by atoms with E-state index in [1.165, 1.54) is 18.2 Å². The van der Waals surface area contributed by atoms with E-state index in [0.29, 0.717) is 13.1 Å². The fourth-order valence-corrected chi connectivity index (χ4v) is 5.52. The van der Waals surface area contributed by atoms with Gasteiger partial charge in [0.25, 0.3) is 0 Å². The van der Waals surface area contributed by atoms with Crippen LogP contribution in [0.3, 0.4) is 0 Å². The molecule has 156 valence electrons. The van der Waals surface area contributed by atoms with E-state index in [9.17, 15) is 13.6 Å². The zero-order valence-corrected chi connectivity index (χ0v) is 17.4. The van der Waals surface area contributed by atoms with Gasteiger partial charge in [0.15, 0.2) is 0 Å². The summed E-state index contributed by atoms with van der Waals surface area (Å²) in [4.78, 5) is 14.2. The average Bonchev–Trinajstić information content (AvgIpc) is 3.06. The minimum Gasteiger partial charge on any atom is -0.341 e. The number of carbonyl (C=O) groups excluding carboxylic acids is 1. The topological polar surface area (TPSA) is 69.9 Å². The van der Waals surface area contributed by atoms with Crippen molar-refractivity contribution in [2.45, 2.75) is 51.4 Å². The number of halogens is 2. The van der Waals surface area contributed by atoms with E-state index in [4.69, 9.17) is 5.26 Å². The monoisotopic (exact) mass is 410 g/mol. The summed E-state index contributed by atoms with van der Waals surface area (Å²) < 4.78 is 28.6. The van der Waals surface area contributed by atoms with Crippen molar-refractivity contribution in [2.75, 3.05) is 13.1 Å². The van der Waals surface area contributed by atoms with Gasteiger partial charge < -0.3 is 4.90 Å². The molecule has 0 saturated heterocycles. The van der Waals surface area contributed by atoms with E-state index in [-0.39, 0.29) is 34.9 Å². The van der Waals surface area contributed by atoms with Crippen molar-refractivity contribution in [2.24, 2.45) is 5.41 Å². The van der Waals surface area contributed by atoms with Crippen LogP contribution in [0.2, 0.25) is 0 Å². The third-order valence-corrected chi connectivity index (χ3v) is 7.26. The van der Waals surface area contributed by atoms with Crippen molar-refractivity contribution in [1.82, 2.24) is 15.1 Å². The molecule has 2 atom stereocenters. The number of hydrogen-bond donors (Lipinski definition) is 0. The molecule has 0 spiro atoms. The minimum atomic E-state index is -0.666. The molecule has 30 heavy (non-hydrogen) atoms. The van der Waals surface area contributed by atoms with Crippen LogP contribution >= 0.6 is 0 Å². The predicted molar refractivity (Wildman–Crippen MR) is 107 cm³/mol. The first-order chi connectivity index (χ1) is 14.3. The van der Waals surface area contributed by atoms with E-state index in [1.807, 2.05) is 13.0 Å². The van der Waals surface area contributed by atoms with E-state index >= 15 is 0 Å². The van der Waals surface area contributed by atoms with Crippen LogP contribution in [0, 0.1) is 28.4 Å². The van der Waals surface area contributed by atoms with Crippen LogP contribution in [-0.2, 0) is 10.2 Å². The first-order valence-corrected chi connectivity index (χ1v) is 10.2. The van der Waals surface area contributed by atoms with Crippen molar-refractivity contribution in [3.05, 3.63) is 47.2 Å². The van der Waals surface area contributed by atoms with Gasteiger partial charge in [-0.05, 0) is 54.9 Å². The van der Waals surface area contributed by atoms with E-state index < -0.39 is 17.0 Å². The number of rotatable bonds is 5. The lowest BCUT2D eigenvalue weighted by Gasteiger charge is -2.41. The zero-order chi connectivity index (χ0) is 21.7. The second-order valence-corrected chi connectivity index (χ2v) is 8.77. The van der Waals surface area contributed by atoms with Crippen molar-refractivity contribution < 1.29 is 13.6 Å². The number of nitriles is 1. The Bertz CT molecular complexity index is 1040. The lowest BCUT2D eigenvalue weighted by atomic mass is 9.68. The minimum absolute atomic E-state index is 0.155. The molecular formula is C23H24F2N4O. The van der Waals surface area contributed by atoms with Gasteiger partial charge >= 0.3 is 0 Å². The molecular weight excluding hydrogens is 386 g/mol. The largest absolute Gasteiger partial charge is 0.341 e. The molecule has 5 nitrogen and oxygen atoms in total. The lowest BCUT2D eigenvalue weighted by Crippen LogP contribution is -2.48. The van der Waals surface area contributed by atoms with Crippen molar-refractivity contribution in [3.63, 3.8) is 0 Å². The fourth-order valence-electron chi connectivity index (χ4n) is 5.52. The predicted octanol–water partition coefficient (Wildman–Crippen LogP) is 4.34. The standard InChI is InChI=1S/C23H24F2N4O/c1-4-29(19(30)9-11-26)13-23-10-8-15(22(23,2)3)14-12-18(27-28-21(14)23)20-16(24)6-5-7-17(20)25/h5-7,12,15H,4,8-10,13H2,1-3H3/t15-,23-/m0/s1. The number of amides is 1. The van der Waals surface area contributed by atoms with E-state index in [1.54, 1.807) is 11.0 Å². The zero-order valence-electron chi connectivity index (χ0n) is 17.4. The second-order valence-electron chi connectivity index (χ2n) is 8.77. The van der Waals surface area contributed by atoms with Gasteiger partial charge in [-0.2, -0.15) is 15.5 Å². The molecule has 1 amide bonds. The van der Waals surface area contributed by atoms with E-state index in [2.05, 4.69) is 24.0 Å². The summed E-state index contributed by atoms with van der Waals surface area (Å²) in [6.45, 7) is 7.19. The normalized spacial score (nSPS) is 23.1. The lowest BCUT2D eigenvalue weighted by molar-refractivity contribution is -0.131. The fraction of sp³-hybridized carbons (Fsp3) is 0.478. The third-order valence-electron chi connectivity index (χ3n) is 7.26. The molecule has 0 N–H and O–H groups in total. The summed E-state index contributed by atoms with van der Waals surface area (Å²) >= 11 is 0. The molecule has 1 aromatic heterocycles. The maximum absolute atomic E-state index is 14.3. The quantitative estimate of drug-likeness (QED) is 0.735. The van der Waals surface area contributed by atoms with Gasteiger partial charge in [0.05, 0.1) is 23.0 Å². The van der Waals surface area contributed by atoms with Gasteiger partial charge in [0.1, 0.15) is 18.1 Å². The van der Waals surface area contributed by atoms with Crippen LogP contribution in [0.5, 0.6) is 0 Å². The highest BCUT2D eigenvalue weighted by atomic mass is 19.1. The molecule has 0 unspecified atom stereocenters. The Hall–Kier alpha value is -2.88. The van der Waals surface area contributed by atoms with Crippen LogP contribution < -0.4 is 0 Å². The van der Waals surface area contributed by atoms with Gasteiger partial charge in [0, 0.05) is 18.5 Å². The Labute approximate surface area is 174 Å². The second kappa shape index (κ2) is 7.12. The van der Waals surface area contributed by atoms with Gasteiger partial charge in [-0.3, -0.25) is 4.79 Å². The maximum Gasteiger partial charge on any atom is 0.236 e. The number of nitrogens with zero attached hydrogens (tertiary/aromatic N) is 4. The smallest absolute Gasteiger partial charge is 0.236 e. The Morgan fingerprint density at radius 2 is 2.00 bits per heavy atom. The van der Waals surface area contributed by atoms with Gasteiger partial charge in [-0.15, -0.1) is 0 Å². The molecule has 7 heteroatoms. The molecule has 1 saturated carbocycles. The molecule has 0 radical (unpaired) electrons. The first-order valence-electron chi connectivity index (χ1n) is 10.2. The van der Waals surface area contributed by atoms with Gasteiger partial charge in [-0.1, -0.05) is 19.9 Å². The molecule has 2 aliphatic rings. The van der Waals surface area contributed by atoms with Gasteiger partial charge in [0.2, 0.25) is 5.91 Å². The average molecular weight is 410 g/mol. The molecule has 1 aromatic carbocycles. The summed E-state index contributed by atoms with van der Waals surface area (Å²) in [5.74, 6) is -1.36. The van der Waals surface area contributed by atoms with Gasteiger partial charge in [-0.25, -0.2) is 8.78 Å². The van der Waals surface area contributed by atoms with Crippen molar-refractivity contribution in [1.29, 1.82) is 5.26 Å². The Morgan fingerprint density at radius 3 is 2.63 bits per heavy atom. The van der Waals surface area contributed by atoms with Crippen LogP contribution in [0.1, 0.15) is 57.2 Å². The van der Waals surface area contributed by atoms with Crippen molar-refractivity contribution >= 4 is 5.91 Å². The highest BCUT2D eigenvalue weighted by Gasteiger charge is 2.63. The maximum atomic E-state index is 14.3. The molecule has 2 bridgehead atoms. The van der Waals surface area contributed by atoms with E-state index in [0.717, 1.165) is 24.1 Å². The summed E-state index contributed by atoms with van der Waals surface area (Å²) in [6, 6.07) is 7.45. The molecule has 2 aromatic rings. The first kappa shape index (κ1) is 20.4. The summed E-state index contributed by atoms with van der Waals surface area (Å²) in [6.07, 6.45) is 1.61. The Morgan fingerprint density at radius 1 is 1.30 bits per heavy atom. The van der Waals surface area contributed by atoms with Crippen molar-refractivity contribution in [3.8, 4) is 17.3 Å². The number of hydrogen-bond acceptors (Lipinski definition) is 4. The number of carbonyl (C=O) groups is 1. The van der Waals surface area contributed by atoms with Crippen LogP contribution in [0.4, 0.5) is 8.78 Å². The number of likely N-dealkylation sites (N-methyl/N-ethyl adjacent to an activating group) is 1. The van der Waals surface area contributed by atoms with Crippen LogP contribution in [0.15, 0.2) is 24.3 Å². The van der Waals surface area contributed by atoms with Crippen LogP contribution in [0.25, 0.3) is 11.3 Å². The summed E-state index contributed by atoms with van der Waals surface area (Å²) in [5.41, 5.74) is 1.21. The molecule has 0 aliphatic heterocycles. The third kappa shape index (κ3) is 2.73. The summed E-state index contributed by atoms with van der Waals surface area (Å²) in [5, 5.41) is 17.6. The Balaban J connectivity index is 1.80. The highest BCUT2D eigenvalue weighted by molar-refractivity contribution is 5.78. The SMILES string of the molecule is CCN(C[C@@]12CC[C@@H](c3cc(-c4c(F)cccc4F)nnc31)C2(C)C)C(=O)CC#N. The number of aromatic nitrogens is 2. The highest BCUT2D eigenvalue weighted by Crippen LogP contribution is 2.67. The number of benzene rings is 1. The van der Waals surface area contributed by atoms with Crippen LogP contribution in [-0.4, -0.2) is 34.1 Å². The molecule has 4 rings (SSSR count). The Kier molecular flexibility index (Phi) is 4.84. The molecule has 1 heterocycles. The summed E-state index contributed by atoms with van der Waals surface area (Å²) in [7, 11) is 0.